The number of carbonyl (C=O) groups is 1. The number of fused-ring (bicyclic) bond motifs is 1. The molecule has 1 aliphatic carbocycles. The molecule has 0 radical (unpaired) electrons. The molecule has 2 aliphatic rings. The molecule has 0 aromatic carbocycles. The number of aryl methyl sites for hydroxylation is 2. The number of rotatable bonds is 8. The third-order valence-corrected chi connectivity index (χ3v) is 7.74. The lowest BCUT2D eigenvalue weighted by Crippen LogP contribution is -2.39. The number of oxazole rings is 1. The first-order valence-electron chi connectivity index (χ1n) is 11.7. The highest BCUT2D eigenvalue weighted by atomic mass is 32.1. The van der Waals surface area contributed by atoms with Crippen molar-refractivity contribution in [2.45, 2.75) is 83.5 Å². The largest absolute Gasteiger partial charge is 0.445 e. The molecule has 1 aliphatic heterocycles. The van der Waals surface area contributed by atoms with Crippen LogP contribution in [0.3, 0.4) is 0 Å². The Labute approximate surface area is 196 Å². The SMILES string of the molecule is Cc1cnc(CC(=O)NC2CCC(CCN3CCc4sc(CCC(F)(F)F)nc4C3)CC2)o1. The number of amides is 1. The van der Waals surface area contributed by atoms with Gasteiger partial charge in [0.05, 0.1) is 16.9 Å². The van der Waals surface area contributed by atoms with Crippen LogP contribution >= 0.6 is 11.3 Å². The number of hydrogen-bond acceptors (Lipinski definition) is 6. The monoisotopic (exact) mass is 484 g/mol. The Balaban J connectivity index is 1.15. The van der Waals surface area contributed by atoms with Crippen LogP contribution in [-0.4, -0.2) is 46.1 Å². The van der Waals surface area contributed by atoms with Gasteiger partial charge in [0.25, 0.3) is 0 Å². The summed E-state index contributed by atoms with van der Waals surface area (Å²) in [6.07, 6.45) is 3.01. The summed E-state index contributed by atoms with van der Waals surface area (Å²) in [4.78, 5) is 24.3. The van der Waals surface area contributed by atoms with Crippen molar-refractivity contribution in [3.05, 3.63) is 33.4 Å². The Morgan fingerprint density at radius 1 is 1.30 bits per heavy atom. The summed E-state index contributed by atoms with van der Waals surface area (Å²) in [6.45, 7) is 4.48. The van der Waals surface area contributed by atoms with E-state index in [-0.39, 0.29) is 24.8 Å². The van der Waals surface area contributed by atoms with Crippen molar-refractivity contribution in [3.63, 3.8) is 0 Å². The van der Waals surface area contributed by atoms with Gasteiger partial charge in [0.1, 0.15) is 12.2 Å². The van der Waals surface area contributed by atoms with E-state index in [1.165, 1.54) is 11.3 Å². The molecular weight excluding hydrogens is 453 g/mol. The van der Waals surface area contributed by atoms with E-state index in [0.29, 0.717) is 22.6 Å². The van der Waals surface area contributed by atoms with Crippen molar-refractivity contribution in [1.29, 1.82) is 0 Å². The Morgan fingerprint density at radius 3 is 2.79 bits per heavy atom. The van der Waals surface area contributed by atoms with Crippen molar-refractivity contribution in [3.8, 4) is 0 Å². The molecule has 3 heterocycles. The molecular formula is C23H31F3N4O2S. The number of alkyl halides is 3. The van der Waals surface area contributed by atoms with Crippen LogP contribution in [0.2, 0.25) is 0 Å². The number of carbonyl (C=O) groups excluding carboxylic acids is 1. The van der Waals surface area contributed by atoms with Crippen LogP contribution in [-0.2, 0) is 30.6 Å². The van der Waals surface area contributed by atoms with Gasteiger partial charge in [0.2, 0.25) is 11.8 Å². The van der Waals surface area contributed by atoms with Gasteiger partial charge in [-0.25, -0.2) is 9.97 Å². The molecule has 0 spiro atoms. The highest BCUT2D eigenvalue weighted by Crippen LogP contribution is 2.31. The maximum absolute atomic E-state index is 12.5. The Kier molecular flexibility index (Phi) is 7.73. The van der Waals surface area contributed by atoms with Gasteiger partial charge in [-0.2, -0.15) is 13.2 Å². The molecule has 1 saturated carbocycles. The molecule has 2 aromatic heterocycles. The second-order valence-electron chi connectivity index (χ2n) is 9.23. The predicted molar refractivity (Wildman–Crippen MR) is 119 cm³/mol. The molecule has 182 valence electrons. The van der Waals surface area contributed by atoms with Crippen molar-refractivity contribution < 1.29 is 22.4 Å². The second kappa shape index (κ2) is 10.5. The lowest BCUT2D eigenvalue weighted by molar-refractivity contribution is -0.134. The summed E-state index contributed by atoms with van der Waals surface area (Å²) >= 11 is 1.45. The van der Waals surface area contributed by atoms with Crippen LogP contribution in [0.15, 0.2) is 10.6 Å². The quantitative estimate of drug-likeness (QED) is 0.593. The topological polar surface area (TPSA) is 71.3 Å². The first kappa shape index (κ1) is 24.2. The molecule has 10 heteroatoms. The zero-order valence-electron chi connectivity index (χ0n) is 18.9. The molecule has 6 nitrogen and oxygen atoms in total. The van der Waals surface area contributed by atoms with E-state index in [2.05, 4.69) is 20.2 Å². The van der Waals surface area contributed by atoms with E-state index in [0.717, 1.165) is 68.7 Å². The first-order chi connectivity index (χ1) is 15.7. The Hall–Kier alpha value is -1.94. The zero-order chi connectivity index (χ0) is 23.4. The van der Waals surface area contributed by atoms with Crippen LogP contribution in [0.1, 0.15) is 65.8 Å². The lowest BCUT2D eigenvalue weighted by Gasteiger charge is -2.32. The van der Waals surface area contributed by atoms with Crippen LogP contribution in [0, 0.1) is 12.8 Å². The average molecular weight is 485 g/mol. The summed E-state index contributed by atoms with van der Waals surface area (Å²) in [6, 6.07) is 0.215. The summed E-state index contributed by atoms with van der Waals surface area (Å²) in [7, 11) is 0. The highest BCUT2D eigenvalue weighted by Gasteiger charge is 2.29. The number of hydrogen-bond donors (Lipinski definition) is 1. The fraction of sp³-hybridized carbons (Fsp3) is 0.696. The van der Waals surface area contributed by atoms with E-state index < -0.39 is 12.6 Å². The predicted octanol–water partition coefficient (Wildman–Crippen LogP) is 4.60. The van der Waals surface area contributed by atoms with E-state index in [1.54, 1.807) is 6.20 Å². The van der Waals surface area contributed by atoms with E-state index >= 15 is 0 Å². The first-order valence-corrected chi connectivity index (χ1v) is 12.5. The minimum absolute atomic E-state index is 0.0153. The third kappa shape index (κ3) is 7.27. The maximum Gasteiger partial charge on any atom is 0.389 e. The molecule has 0 bridgehead atoms. The minimum atomic E-state index is -4.13. The van der Waals surface area contributed by atoms with E-state index in [9.17, 15) is 18.0 Å². The van der Waals surface area contributed by atoms with Gasteiger partial charge in [-0.3, -0.25) is 9.69 Å². The Morgan fingerprint density at radius 2 is 2.09 bits per heavy atom. The molecule has 0 atom stereocenters. The third-order valence-electron chi connectivity index (χ3n) is 6.52. The number of aromatic nitrogens is 2. The molecule has 1 N–H and O–H groups in total. The van der Waals surface area contributed by atoms with E-state index in [1.807, 2.05) is 6.92 Å². The van der Waals surface area contributed by atoms with Crippen molar-refractivity contribution >= 4 is 17.2 Å². The van der Waals surface area contributed by atoms with Gasteiger partial charge in [-0.1, -0.05) is 0 Å². The molecule has 0 saturated heterocycles. The maximum atomic E-state index is 12.5. The number of thiazole rings is 1. The van der Waals surface area contributed by atoms with Gasteiger partial charge >= 0.3 is 6.18 Å². The summed E-state index contributed by atoms with van der Waals surface area (Å²) in [5.74, 6) is 1.77. The zero-order valence-corrected chi connectivity index (χ0v) is 19.7. The van der Waals surface area contributed by atoms with Crippen molar-refractivity contribution in [2.75, 3.05) is 13.1 Å². The van der Waals surface area contributed by atoms with Crippen molar-refractivity contribution in [2.24, 2.45) is 5.92 Å². The molecule has 1 amide bonds. The van der Waals surface area contributed by atoms with Gasteiger partial charge in [-0.15, -0.1) is 11.3 Å². The fourth-order valence-corrected chi connectivity index (χ4v) is 5.78. The average Bonchev–Trinajstić information content (AvgIpc) is 3.36. The molecule has 33 heavy (non-hydrogen) atoms. The van der Waals surface area contributed by atoms with Crippen molar-refractivity contribution in [1.82, 2.24) is 20.2 Å². The number of nitrogens with zero attached hydrogens (tertiary/aromatic N) is 3. The summed E-state index contributed by atoms with van der Waals surface area (Å²) < 4.78 is 42.8. The van der Waals surface area contributed by atoms with Gasteiger partial charge < -0.3 is 9.73 Å². The highest BCUT2D eigenvalue weighted by molar-refractivity contribution is 7.11. The van der Waals surface area contributed by atoms with Gasteiger partial charge in [0.15, 0.2) is 0 Å². The van der Waals surface area contributed by atoms with Gasteiger partial charge in [0, 0.05) is 36.9 Å². The standard InChI is InChI=1S/C23H31F3N4O2S/c1-15-13-27-21(32-15)12-20(31)28-17-4-2-16(3-5-17)7-10-30-11-8-19-18(14-30)29-22(33-19)6-9-23(24,25)26/h13,16-17H,2-12,14H2,1H3,(H,28,31). The van der Waals surface area contributed by atoms with Crippen LogP contribution < -0.4 is 5.32 Å². The van der Waals surface area contributed by atoms with Crippen LogP contribution in [0.5, 0.6) is 0 Å². The Bertz CT molecular complexity index is 935. The fourth-order valence-electron chi connectivity index (χ4n) is 4.71. The van der Waals surface area contributed by atoms with E-state index in [4.69, 9.17) is 4.42 Å². The van der Waals surface area contributed by atoms with Crippen LogP contribution in [0.25, 0.3) is 0 Å². The smallest absolute Gasteiger partial charge is 0.389 e. The van der Waals surface area contributed by atoms with Crippen LogP contribution in [0.4, 0.5) is 13.2 Å². The number of halogens is 3. The summed E-state index contributed by atoms with van der Waals surface area (Å²) in [5.41, 5.74) is 0.969. The lowest BCUT2D eigenvalue weighted by atomic mass is 9.84. The molecule has 2 aromatic rings. The summed E-state index contributed by atoms with van der Waals surface area (Å²) in [5, 5.41) is 3.72. The number of nitrogens with one attached hydrogen (secondary N) is 1. The molecule has 4 rings (SSSR count). The normalized spacial score (nSPS) is 21.7. The molecule has 0 unspecified atom stereocenters. The minimum Gasteiger partial charge on any atom is -0.445 e. The van der Waals surface area contributed by atoms with Gasteiger partial charge in [-0.05, 0) is 57.9 Å². The second-order valence-corrected chi connectivity index (χ2v) is 10.4. The molecule has 1 fully saturated rings.